The van der Waals surface area contributed by atoms with Crippen LogP contribution < -0.4 is 5.32 Å². The Morgan fingerprint density at radius 2 is 2.27 bits per heavy atom. The standard InChI is InChI=1S/C12H21N3/c1-10(2)15-7-5-12(4-6-14-12)11(9-15)8-13-3/h10-11,14H,4-9H2,1-2H3/t11-,12?/m0/s1. The van der Waals surface area contributed by atoms with Gasteiger partial charge in [-0.1, -0.05) is 0 Å². The maximum atomic E-state index is 7.07. The molecule has 84 valence electrons. The third kappa shape index (κ3) is 1.89. The number of hydrogen-bond donors (Lipinski definition) is 1. The summed E-state index contributed by atoms with van der Waals surface area (Å²) < 4.78 is 0. The van der Waals surface area contributed by atoms with E-state index in [9.17, 15) is 0 Å². The molecule has 2 saturated heterocycles. The second kappa shape index (κ2) is 4.11. The van der Waals surface area contributed by atoms with Crippen LogP contribution in [0, 0.1) is 12.5 Å². The summed E-state index contributed by atoms with van der Waals surface area (Å²) in [5.74, 6) is 0.542. The molecule has 0 aromatic heterocycles. The van der Waals surface area contributed by atoms with E-state index in [0.29, 0.717) is 24.0 Å². The van der Waals surface area contributed by atoms with Crippen LogP contribution in [0.3, 0.4) is 0 Å². The highest BCUT2D eigenvalue weighted by Crippen LogP contribution is 2.36. The minimum absolute atomic E-state index is 0.329. The van der Waals surface area contributed by atoms with Crippen LogP contribution in [-0.4, -0.2) is 42.7 Å². The van der Waals surface area contributed by atoms with E-state index in [1.165, 1.54) is 19.4 Å². The first-order valence-corrected chi connectivity index (χ1v) is 6.00. The molecule has 2 heterocycles. The van der Waals surface area contributed by atoms with Gasteiger partial charge in [-0.15, -0.1) is 0 Å². The predicted octanol–water partition coefficient (Wildman–Crippen LogP) is 1.37. The van der Waals surface area contributed by atoms with Gasteiger partial charge in [-0.25, -0.2) is 6.57 Å². The van der Waals surface area contributed by atoms with E-state index in [1.54, 1.807) is 0 Å². The summed E-state index contributed by atoms with van der Waals surface area (Å²) >= 11 is 0. The van der Waals surface area contributed by atoms with Crippen LogP contribution in [0.5, 0.6) is 0 Å². The van der Waals surface area contributed by atoms with Crippen LogP contribution in [0.1, 0.15) is 26.7 Å². The lowest BCUT2D eigenvalue weighted by Gasteiger charge is -2.53. The van der Waals surface area contributed by atoms with Gasteiger partial charge in [0.1, 0.15) is 0 Å². The van der Waals surface area contributed by atoms with E-state index in [1.807, 2.05) is 0 Å². The SMILES string of the molecule is [C-]#[N+]C[C@H]1CN(C(C)C)CCC12CCN2. The second-order valence-corrected chi connectivity index (χ2v) is 5.21. The molecule has 1 unspecified atom stereocenters. The summed E-state index contributed by atoms with van der Waals surface area (Å²) in [4.78, 5) is 6.13. The van der Waals surface area contributed by atoms with Gasteiger partial charge in [0.25, 0.3) is 0 Å². The first-order valence-electron chi connectivity index (χ1n) is 6.00. The molecular weight excluding hydrogens is 186 g/mol. The molecule has 2 aliphatic rings. The number of nitrogens with one attached hydrogen (secondary N) is 1. The molecular formula is C12H21N3. The monoisotopic (exact) mass is 207 g/mol. The van der Waals surface area contributed by atoms with Crippen LogP contribution >= 0.6 is 0 Å². The molecule has 1 N–H and O–H groups in total. The molecule has 0 amide bonds. The molecule has 0 radical (unpaired) electrons. The lowest BCUT2D eigenvalue weighted by molar-refractivity contribution is 0.0176. The summed E-state index contributed by atoms with van der Waals surface area (Å²) in [6.07, 6.45) is 2.50. The highest BCUT2D eigenvalue weighted by molar-refractivity contribution is 5.07. The Labute approximate surface area is 92.7 Å². The Morgan fingerprint density at radius 3 is 2.73 bits per heavy atom. The summed E-state index contributed by atoms with van der Waals surface area (Å²) in [5, 5.41) is 3.59. The van der Waals surface area contributed by atoms with Crippen molar-refractivity contribution in [2.75, 3.05) is 26.2 Å². The molecule has 0 saturated carbocycles. The van der Waals surface area contributed by atoms with Crippen molar-refractivity contribution in [1.29, 1.82) is 0 Å². The second-order valence-electron chi connectivity index (χ2n) is 5.21. The number of rotatable bonds is 2. The van der Waals surface area contributed by atoms with Crippen molar-refractivity contribution in [3.8, 4) is 0 Å². The fourth-order valence-electron chi connectivity index (χ4n) is 2.92. The van der Waals surface area contributed by atoms with Crippen LogP contribution in [0.4, 0.5) is 0 Å². The summed E-state index contributed by atoms with van der Waals surface area (Å²) in [6, 6.07) is 0.621. The molecule has 3 heteroatoms. The van der Waals surface area contributed by atoms with Crippen LogP contribution in [-0.2, 0) is 0 Å². The quantitative estimate of drug-likeness (QED) is 0.690. The topological polar surface area (TPSA) is 19.6 Å². The highest BCUT2D eigenvalue weighted by atomic mass is 15.2. The Bertz CT molecular complexity index is 263. The lowest BCUT2D eigenvalue weighted by atomic mass is 9.71. The van der Waals surface area contributed by atoms with Gasteiger partial charge in [0.15, 0.2) is 0 Å². The fraction of sp³-hybridized carbons (Fsp3) is 0.917. The van der Waals surface area contributed by atoms with Gasteiger partial charge >= 0.3 is 0 Å². The maximum absolute atomic E-state index is 7.07. The van der Waals surface area contributed by atoms with Gasteiger partial charge in [-0.3, -0.25) is 0 Å². The molecule has 2 aliphatic heterocycles. The molecule has 3 nitrogen and oxygen atoms in total. The van der Waals surface area contributed by atoms with Gasteiger partial charge < -0.3 is 15.1 Å². The first-order chi connectivity index (χ1) is 7.18. The Morgan fingerprint density at radius 1 is 1.53 bits per heavy atom. The normalized spacial score (nSPS) is 36.5. The molecule has 15 heavy (non-hydrogen) atoms. The van der Waals surface area contributed by atoms with Gasteiger partial charge in [0.05, 0.1) is 5.92 Å². The molecule has 0 aromatic rings. The van der Waals surface area contributed by atoms with E-state index in [2.05, 4.69) is 28.9 Å². The van der Waals surface area contributed by atoms with E-state index in [-0.39, 0.29) is 0 Å². The van der Waals surface area contributed by atoms with Crippen molar-refractivity contribution in [3.63, 3.8) is 0 Å². The van der Waals surface area contributed by atoms with Gasteiger partial charge in [0.2, 0.25) is 6.54 Å². The van der Waals surface area contributed by atoms with E-state index in [4.69, 9.17) is 6.57 Å². The number of hydrogen-bond acceptors (Lipinski definition) is 2. The number of nitrogens with zero attached hydrogens (tertiary/aromatic N) is 2. The highest BCUT2D eigenvalue weighted by Gasteiger charge is 2.48. The largest absolute Gasteiger partial charge is 0.317 e. The average molecular weight is 207 g/mol. The van der Waals surface area contributed by atoms with Crippen LogP contribution in [0.15, 0.2) is 0 Å². The smallest absolute Gasteiger partial charge is 0.220 e. The Hall–Kier alpha value is -0.590. The average Bonchev–Trinajstić information content (AvgIpc) is 2.15. The minimum Gasteiger partial charge on any atom is -0.317 e. The minimum atomic E-state index is 0.329. The molecule has 2 atom stereocenters. The van der Waals surface area contributed by atoms with Crippen molar-refractivity contribution >= 4 is 0 Å². The molecule has 0 aliphatic carbocycles. The summed E-state index contributed by atoms with van der Waals surface area (Å²) in [6.45, 7) is 15.7. The molecule has 2 fully saturated rings. The fourth-order valence-corrected chi connectivity index (χ4v) is 2.92. The summed E-state index contributed by atoms with van der Waals surface area (Å²) in [5.41, 5.74) is 0.329. The zero-order valence-electron chi connectivity index (χ0n) is 9.79. The first kappa shape index (κ1) is 10.9. The zero-order valence-corrected chi connectivity index (χ0v) is 9.79. The van der Waals surface area contributed by atoms with E-state index in [0.717, 1.165) is 13.1 Å². The Balaban J connectivity index is 2.03. The van der Waals surface area contributed by atoms with Crippen molar-refractivity contribution in [2.45, 2.75) is 38.3 Å². The molecule has 0 bridgehead atoms. The molecule has 0 aromatic carbocycles. The van der Waals surface area contributed by atoms with Crippen LogP contribution in [0.25, 0.3) is 4.85 Å². The Kier molecular flexibility index (Phi) is 2.99. The lowest BCUT2D eigenvalue weighted by Crippen LogP contribution is -2.68. The van der Waals surface area contributed by atoms with Gasteiger partial charge in [0, 0.05) is 24.7 Å². The van der Waals surface area contributed by atoms with Crippen molar-refractivity contribution in [3.05, 3.63) is 11.4 Å². The summed E-state index contributed by atoms with van der Waals surface area (Å²) in [7, 11) is 0. The third-order valence-corrected chi connectivity index (χ3v) is 4.17. The number of piperidine rings is 1. The molecule has 1 spiro atoms. The van der Waals surface area contributed by atoms with E-state index < -0.39 is 0 Å². The van der Waals surface area contributed by atoms with Crippen molar-refractivity contribution < 1.29 is 0 Å². The zero-order chi connectivity index (χ0) is 10.9. The van der Waals surface area contributed by atoms with E-state index >= 15 is 0 Å². The molecule has 2 rings (SSSR count). The van der Waals surface area contributed by atoms with Gasteiger partial charge in [-0.2, -0.15) is 0 Å². The number of likely N-dealkylation sites (tertiary alicyclic amines) is 1. The van der Waals surface area contributed by atoms with Gasteiger partial charge in [-0.05, 0) is 33.2 Å². The van der Waals surface area contributed by atoms with Crippen molar-refractivity contribution in [2.24, 2.45) is 5.92 Å². The van der Waals surface area contributed by atoms with Crippen molar-refractivity contribution in [1.82, 2.24) is 10.2 Å². The third-order valence-electron chi connectivity index (χ3n) is 4.17. The van der Waals surface area contributed by atoms with Crippen LogP contribution in [0.2, 0.25) is 0 Å². The predicted molar refractivity (Wildman–Crippen MR) is 61.6 cm³/mol. The maximum Gasteiger partial charge on any atom is 0.220 e.